The van der Waals surface area contributed by atoms with Gasteiger partial charge >= 0.3 is 0 Å². The first-order chi connectivity index (χ1) is 8.12. The van der Waals surface area contributed by atoms with Crippen LogP contribution in [0.2, 0.25) is 0 Å². The molecule has 0 radical (unpaired) electrons. The van der Waals surface area contributed by atoms with E-state index in [9.17, 15) is 0 Å². The van der Waals surface area contributed by atoms with Crippen molar-refractivity contribution in [1.29, 1.82) is 0 Å². The zero-order valence-electron chi connectivity index (χ0n) is 10.6. The van der Waals surface area contributed by atoms with Crippen molar-refractivity contribution in [3.8, 4) is 5.75 Å². The standard InChI is InChI=1S/C13H19ClN2O/c1-9-6-15-11(10(2)12(9)17-3)7-16-13(8-14)4-5-13/h6,16H,4-5,7-8H2,1-3H3. The van der Waals surface area contributed by atoms with E-state index in [2.05, 4.69) is 17.2 Å². The normalized spacial score (nSPS) is 16.9. The molecule has 0 atom stereocenters. The minimum Gasteiger partial charge on any atom is -0.496 e. The lowest BCUT2D eigenvalue weighted by molar-refractivity contribution is 0.406. The highest BCUT2D eigenvalue weighted by atomic mass is 35.5. The molecule has 1 aromatic heterocycles. The van der Waals surface area contributed by atoms with Gasteiger partial charge in [0.05, 0.1) is 12.8 Å². The number of hydrogen-bond donors (Lipinski definition) is 1. The molecule has 1 N–H and O–H groups in total. The van der Waals surface area contributed by atoms with Gasteiger partial charge in [-0.1, -0.05) is 0 Å². The fraction of sp³-hybridized carbons (Fsp3) is 0.615. The van der Waals surface area contributed by atoms with Gasteiger partial charge in [0, 0.05) is 35.3 Å². The lowest BCUT2D eigenvalue weighted by Crippen LogP contribution is -2.32. The Morgan fingerprint density at radius 1 is 1.47 bits per heavy atom. The Labute approximate surface area is 108 Å². The molecular weight excluding hydrogens is 236 g/mol. The number of alkyl halides is 1. The first-order valence-electron chi connectivity index (χ1n) is 5.92. The van der Waals surface area contributed by atoms with Crippen LogP contribution in [0.15, 0.2) is 6.20 Å². The van der Waals surface area contributed by atoms with Crippen LogP contribution in [0.1, 0.15) is 29.7 Å². The second-order valence-electron chi connectivity index (χ2n) is 4.81. The van der Waals surface area contributed by atoms with E-state index in [1.165, 1.54) is 12.8 Å². The molecule has 4 heteroatoms. The summed E-state index contributed by atoms with van der Waals surface area (Å²) in [6.07, 6.45) is 4.19. The van der Waals surface area contributed by atoms with Crippen LogP contribution in [-0.4, -0.2) is 23.5 Å². The van der Waals surface area contributed by atoms with Crippen LogP contribution in [-0.2, 0) is 6.54 Å². The highest BCUT2D eigenvalue weighted by Gasteiger charge is 2.41. The molecule has 0 spiro atoms. The highest BCUT2D eigenvalue weighted by molar-refractivity contribution is 6.18. The Morgan fingerprint density at radius 3 is 2.71 bits per heavy atom. The second-order valence-corrected chi connectivity index (χ2v) is 5.08. The summed E-state index contributed by atoms with van der Waals surface area (Å²) in [6.45, 7) is 4.82. The summed E-state index contributed by atoms with van der Waals surface area (Å²) in [5.41, 5.74) is 3.40. The molecule has 94 valence electrons. The molecule has 0 saturated heterocycles. The Kier molecular flexibility index (Phi) is 3.59. The Balaban J connectivity index is 2.11. The van der Waals surface area contributed by atoms with Crippen LogP contribution in [0.5, 0.6) is 5.75 Å². The molecule has 0 aromatic carbocycles. The minimum atomic E-state index is 0.161. The monoisotopic (exact) mass is 254 g/mol. The molecule has 0 amide bonds. The molecular formula is C13H19ClN2O. The molecule has 0 unspecified atom stereocenters. The number of methoxy groups -OCH3 is 1. The largest absolute Gasteiger partial charge is 0.496 e. The number of ether oxygens (including phenoxy) is 1. The number of hydrogen-bond acceptors (Lipinski definition) is 3. The lowest BCUT2D eigenvalue weighted by Gasteiger charge is -2.16. The van der Waals surface area contributed by atoms with Crippen molar-refractivity contribution in [3.05, 3.63) is 23.0 Å². The van der Waals surface area contributed by atoms with Crippen molar-refractivity contribution < 1.29 is 4.74 Å². The first-order valence-corrected chi connectivity index (χ1v) is 6.45. The molecule has 2 rings (SSSR count). The fourth-order valence-electron chi connectivity index (χ4n) is 2.03. The average molecular weight is 255 g/mol. The Morgan fingerprint density at radius 2 is 2.18 bits per heavy atom. The fourth-order valence-corrected chi connectivity index (χ4v) is 2.39. The second kappa shape index (κ2) is 4.83. The average Bonchev–Trinajstić information content (AvgIpc) is 3.09. The molecule has 0 bridgehead atoms. The van der Waals surface area contributed by atoms with Gasteiger partial charge in [0.1, 0.15) is 5.75 Å². The van der Waals surface area contributed by atoms with Crippen LogP contribution < -0.4 is 10.1 Å². The van der Waals surface area contributed by atoms with E-state index < -0.39 is 0 Å². The topological polar surface area (TPSA) is 34.1 Å². The SMILES string of the molecule is COc1c(C)cnc(CNC2(CCl)CC2)c1C. The van der Waals surface area contributed by atoms with Crippen molar-refractivity contribution in [1.82, 2.24) is 10.3 Å². The summed E-state index contributed by atoms with van der Waals surface area (Å²) < 4.78 is 5.40. The molecule has 1 aliphatic rings. The van der Waals surface area contributed by atoms with E-state index in [1.807, 2.05) is 13.1 Å². The summed E-state index contributed by atoms with van der Waals surface area (Å²) in [4.78, 5) is 4.47. The Hall–Kier alpha value is -0.800. The maximum Gasteiger partial charge on any atom is 0.128 e. The molecule has 17 heavy (non-hydrogen) atoms. The van der Waals surface area contributed by atoms with Crippen LogP contribution >= 0.6 is 11.6 Å². The quantitative estimate of drug-likeness (QED) is 0.820. The van der Waals surface area contributed by atoms with Gasteiger partial charge in [-0.3, -0.25) is 4.98 Å². The summed E-state index contributed by atoms with van der Waals surface area (Å²) in [5.74, 6) is 1.61. The smallest absolute Gasteiger partial charge is 0.128 e. The van der Waals surface area contributed by atoms with Gasteiger partial charge in [0.15, 0.2) is 0 Å². The first kappa shape index (κ1) is 12.7. The number of nitrogens with zero attached hydrogens (tertiary/aromatic N) is 1. The molecule has 1 aliphatic carbocycles. The van der Waals surface area contributed by atoms with E-state index in [0.717, 1.165) is 29.1 Å². The highest BCUT2D eigenvalue weighted by Crippen LogP contribution is 2.36. The third kappa shape index (κ3) is 2.55. The molecule has 1 saturated carbocycles. The van der Waals surface area contributed by atoms with Crippen molar-refractivity contribution in [3.63, 3.8) is 0 Å². The van der Waals surface area contributed by atoms with Gasteiger partial charge in [-0.05, 0) is 26.7 Å². The van der Waals surface area contributed by atoms with Gasteiger partial charge in [-0.25, -0.2) is 0 Å². The zero-order valence-corrected chi connectivity index (χ0v) is 11.4. The molecule has 1 aromatic rings. The third-order valence-corrected chi connectivity index (χ3v) is 4.00. The summed E-state index contributed by atoms with van der Waals surface area (Å²) >= 11 is 5.94. The number of aryl methyl sites for hydroxylation is 1. The van der Waals surface area contributed by atoms with Crippen LogP contribution in [0.25, 0.3) is 0 Å². The van der Waals surface area contributed by atoms with Gasteiger partial charge < -0.3 is 10.1 Å². The predicted molar refractivity (Wildman–Crippen MR) is 69.8 cm³/mol. The number of halogens is 1. The van der Waals surface area contributed by atoms with E-state index in [-0.39, 0.29) is 5.54 Å². The van der Waals surface area contributed by atoms with Crippen LogP contribution in [0, 0.1) is 13.8 Å². The molecule has 1 fully saturated rings. The van der Waals surface area contributed by atoms with Crippen molar-refractivity contribution in [2.75, 3.05) is 13.0 Å². The number of aromatic nitrogens is 1. The maximum atomic E-state index is 5.94. The maximum absolute atomic E-state index is 5.94. The van der Waals surface area contributed by atoms with Crippen LogP contribution in [0.4, 0.5) is 0 Å². The van der Waals surface area contributed by atoms with Gasteiger partial charge in [0.2, 0.25) is 0 Å². The number of pyridine rings is 1. The van der Waals surface area contributed by atoms with E-state index >= 15 is 0 Å². The van der Waals surface area contributed by atoms with Gasteiger partial charge in [-0.2, -0.15) is 0 Å². The summed E-state index contributed by atoms with van der Waals surface area (Å²) in [5, 5.41) is 3.50. The molecule has 3 nitrogen and oxygen atoms in total. The van der Waals surface area contributed by atoms with E-state index in [1.54, 1.807) is 7.11 Å². The van der Waals surface area contributed by atoms with Gasteiger partial charge in [0.25, 0.3) is 0 Å². The summed E-state index contributed by atoms with van der Waals surface area (Å²) in [6, 6.07) is 0. The van der Waals surface area contributed by atoms with Crippen molar-refractivity contribution in [2.45, 2.75) is 38.8 Å². The molecule has 1 heterocycles. The van der Waals surface area contributed by atoms with Crippen molar-refractivity contribution in [2.24, 2.45) is 0 Å². The molecule has 0 aliphatic heterocycles. The van der Waals surface area contributed by atoms with E-state index in [0.29, 0.717) is 5.88 Å². The lowest BCUT2D eigenvalue weighted by atomic mass is 10.1. The number of rotatable bonds is 5. The number of nitrogens with one attached hydrogen (secondary N) is 1. The van der Waals surface area contributed by atoms with E-state index in [4.69, 9.17) is 16.3 Å². The van der Waals surface area contributed by atoms with Crippen LogP contribution in [0.3, 0.4) is 0 Å². The zero-order chi connectivity index (χ0) is 12.5. The predicted octanol–water partition coefficient (Wildman–Crippen LogP) is 2.57. The van der Waals surface area contributed by atoms with Crippen molar-refractivity contribution >= 4 is 11.6 Å². The Bertz CT molecular complexity index is 416. The van der Waals surface area contributed by atoms with Gasteiger partial charge in [-0.15, -0.1) is 11.6 Å². The third-order valence-electron chi connectivity index (χ3n) is 3.49. The summed E-state index contributed by atoms with van der Waals surface area (Å²) in [7, 11) is 1.70. The minimum absolute atomic E-state index is 0.161.